The maximum Gasteiger partial charge on any atom is 0.272 e. The molecule has 0 aliphatic carbocycles. The van der Waals surface area contributed by atoms with E-state index < -0.39 is 10.7 Å². The topological polar surface area (TPSA) is 63.5 Å². The lowest BCUT2D eigenvalue weighted by atomic mass is 10.2. The summed E-state index contributed by atoms with van der Waals surface area (Å²) < 4.78 is 13.5. The van der Waals surface area contributed by atoms with Gasteiger partial charge >= 0.3 is 0 Å². The SMILES string of the molecule is CCN(C(C)=O)c1ccc([N+](=O)[O-])cc1F. The van der Waals surface area contributed by atoms with Crippen molar-refractivity contribution >= 4 is 17.3 Å². The Labute approximate surface area is 91.6 Å². The molecule has 0 saturated heterocycles. The van der Waals surface area contributed by atoms with Gasteiger partial charge in [-0.1, -0.05) is 0 Å². The summed E-state index contributed by atoms with van der Waals surface area (Å²) in [6.45, 7) is 3.32. The summed E-state index contributed by atoms with van der Waals surface area (Å²) in [4.78, 5) is 22.1. The predicted molar refractivity (Wildman–Crippen MR) is 56.8 cm³/mol. The van der Waals surface area contributed by atoms with Gasteiger partial charge in [-0.2, -0.15) is 0 Å². The molecule has 5 nitrogen and oxygen atoms in total. The lowest BCUT2D eigenvalue weighted by Crippen LogP contribution is -2.28. The van der Waals surface area contributed by atoms with E-state index in [0.717, 1.165) is 6.07 Å². The van der Waals surface area contributed by atoms with Crippen molar-refractivity contribution in [1.29, 1.82) is 0 Å². The number of nitro benzene ring substituents is 1. The number of hydrogen-bond donors (Lipinski definition) is 0. The third kappa shape index (κ3) is 2.33. The van der Waals surface area contributed by atoms with Crippen molar-refractivity contribution in [3.63, 3.8) is 0 Å². The van der Waals surface area contributed by atoms with Crippen LogP contribution in [-0.2, 0) is 4.79 Å². The summed E-state index contributed by atoms with van der Waals surface area (Å²) in [5.41, 5.74) is -0.276. The molecule has 1 aromatic carbocycles. The molecule has 0 aromatic heterocycles. The van der Waals surface area contributed by atoms with E-state index in [1.807, 2.05) is 0 Å². The van der Waals surface area contributed by atoms with Gasteiger partial charge in [-0.05, 0) is 13.0 Å². The average molecular weight is 226 g/mol. The molecule has 0 radical (unpaired) electrons. The second-order valence-electron chi connectivity index (χ2n) is 3.16. The van der Waals surface area contributed by atoms with Crippen molar-refractivity contribution < 1.29 is 14.1 Å². The van der Waals surface area contributed by atoms with Crippen molar-refractivity contribution in [2.45, 2.75) is 13.8 Å². The molecule has 0 saturated carbocycles. The molecule has 0 fully saturated rings. The zero-order valence-electron chi connectivity index (χ0n) is 8.94. The maximum atomic E-state index is 13.5. The highest BCUT2D eigenvalue weighted by Crippen LogP contribution is 2.23. The van der Waals surface area contributed by atoms with Gasteiger partial charge in [-0.3, -0.25) is 14.9 Å². The molecule has 86 valence electrons. The lowest BCUT2D eigenvalue weighted by Gasteiger charge is -2.19. The molecule has 0 aliphatic rings. The van der Waals surface area contributed by atoms with Crippen LogP contribution in [0.5, 0.6) is 0 Å². The van der Waals surface area contributed by atoms with Crippen molar-refractivity contribution in [2.75, 3.05) is 11.4 Å². The van der Waals surface area contributed by atoms with Gasteiger partial charge in [0.15, 0.2) is 5.82 Å². The van der Waals surface area contributed by atoms with E-state index in [0.29, 0.717) is 6.54 Å². The fraction of sp³-hybridized carbons (Fsp3) is 0.300. The van der Waals surface area contributed by atoms with Crippen LogP contribution >= 0.6 is 0 Å². The first-order valence-electron chi connectivity index (χ1n) is 4.69. The molecule has 0 spiro atoms. The molecule has 0 N–H and O–H groups in total. The Balaban J connectivity index is 3.16. The molecule has 0 aliphatic heterocycles. The Morgan fingerprint density at radius 1 is 1.56 bits per heavy atom. The van der Waals surface area contributed by atoms with Gasteiger partial charge in [0.25, 0.3) is 5.69 Å². The molecule has 1 amide bonds. The number of nitro groups is 1. The highest BCUT2D eigenvalue weighted by Gasteiger charge is 2.17. The number of hydrogen-bond acceptors (Lipinski definition) is 3. The quantitative estimate of drug-likeness (QED) is 0.585. The van der Waals surface area contributed by atoms with E-state index >= 15 is 0 Å². The minimum absolute atomic E-state index is 0.0561. The van der Waals surface area contributed by atoms with Gasteiger partial charge < -0.3 is 4.90 Å². The van der Waals surface area contributed by atoms with Gasteiger partial charge in [0.2, 0.25) is 5.91 Å². The standard InChI is InChI=1S/C10H11FN2O3/c1-3-12(7(2)14)10-5-4-8(13(15)16)6-9(10)11/h4-6H,3H2,1-2H3. The number of amides is 1. The zero-order valence-corrected chi connectivity index (χ0v) is 8.94. The van der Waals surface area contributed by atoms with Crippen LogP contribution in [0, 0.1) is 15.9 Å². The number of carbonyl (C=O) groups is 1. The molecule has 16 heavy (non-hydrogen) atoms. The van der Waals surface area contributed by atoms with Crippen molar-refractivity contribution in [3.05, 3.63) is 34.1 Å². The second kappa shape index (κ2) is 4.69. The van der Waals surface area contributed by atoms with E-state index in [1.54, 1.807) is 6.92 Å². The van der Waals surface area contributed by atoms with Crippen LogP contribution < -0.4 is 4.90 Å². The first-order valence-corrected chi connectivity index (χ1v) is 4.69. The fourth-order valence-electron chi connectivity index (χ4n) is 1.39. The summed E-state index contributed by atoms with van der Waals surface area (Å²) in [5, 5.41) is 10.4. The monoisotopic (exact) mass is 226 g/mol. The number of nitrogens with zero attached hydrogens (tertiary/aromatic N) is 2. The third-order valence-corrected chi connectivity index (χ3v) is 2.13. The molecular weight excluding hydrogens is 215 g/mol. The number of non-ortho nitro benzene ring substituents is 1. The molecular formula is C10H11FN2O3. The minimum atomic E-state index is -0.772. The molecule has 1 rings (SSSR count). The van der Waals surface area contributed by atoms with Crippen LogP contribution in [0.25, 0.3) is 0 Å². The highest BCUT2D eigenvalue weighted by molar-refractivity contribution is 5.91. The first kappa shape index (κ1) is 12.1. The second-order valence-corrected chi connectivity index (χ2v) is 3.16. The highest BCUT2D eigenvalue weighted by atomic mass is 19.1. The normalized spacial score (nSPS) is 9.94. The molecule has 0 atom stereocenters. The Morgan fingerprint density at radius 3 is 2.56 bits per heavy atom. The number of anilines is 1. The summed E-state index contributed by atoms with van der Waals surface area (Å²) in [7, 11) is 0. The fourth-order valence-corrected chi connectivity index (χ4v) is 1.39. The molecule has 6 heteroatoms. The van der Waals surface area contributed by atoms with Crippen molar-refractivity contribution in [1.82, 2.24) is 0 Å². The molecule has 0 bridgehead atoms. The van der Waals surface area contributed by atoms with E-state index in [4.69, 9.17) is 0 Å². The van der Waals surface area contributed by atoms with Gasteiger partial charge in [0.05, 0.1) is 16.7 Å². The van der Waals surface area contributed by atoms with Gasteiger partial charge in [-0.15, -0.1) is 0 Å². The van der Waals surface area contributed by atoms with E-state index in [9.17, 15) is 19.3 Å². The Kier molecular flexibility index (Phi) is 3.55. The Bertz CT molecular complexity index is 434. The number of rotatable bonds is 3. The predicted octanol–water partition coefficient (Wildman–Crippen LogP) is 2.11. The van der Waals surface area contributed by atoms with E-state index in [1.165, 1.54) is 24.0 Å². The molecule has 0 heterocycles. The Morgan fingerprint density at radius 2 is 2.19 bits per heavy atom. The summed E-state index contributed by atoms with van der Waals surface area (Å²) in [5.74, 6) is -1.08. The molecule has 1 aromatic rings. The zero-order chi connectivity index (χ0) is 12.3. The largest absolute Gasteiger partial charge is 0.310 e. The minimum Gasteiger partial charge on any atom is -0.310 e. The number of carbonyl (C=O) groups excluding carboxylic acids is 1. The summed E-state index contributed by atoms with van der Waals surface area (Å²) in [6, 6.07) is 3.21. The van der Waals surface area contributed by atoms with Crippen LogP contribution in [0.2, 0.25) is 0 Å². The summed E-state index contributed by atoms with van der Waals surface area (Å²) in [6.07, 6.45) is 0. The van der Waals surface area contributed by atoms with Crippen molar-refractivity contribution in [3.8, 4) is 0 Å². The van der Waals surface area contributed by atoms with Crippen LogP contribution in [0.1, 0.15) is 13.8 Å². The average Bonchev–Trinajstić information content (AvgIpc) is 2.20. The van der Waals surface area contributed by atoms with Crippen LogP contribution in [0.3, 0.4) is 0 Å². The first-order chi connectivity index (χ1) is 7.47. The molecule has 0 unspecified atom stereocenters. The number of benzene rings is 1. The van der Waals surface area contributed by atoms with Gasteiger partial charge in [-0.25, -0.2) is 4.39 Å². The van der Waals surface area contributed by atoms with Crippen LogP contribution in [-0.4, -0.2) is 17.4 Å². The van der Waals surface area contributed by atoms with Crippen molar-refractivity contribution in [2.24, 2.45) is 0 Å². The number of halogens is 1. The van der Waals surface area contributed by atoms with Crippen LogP contribution in [0.15, 0.2) is 18.2 Å². The van der Waals surface area contributed by atoms with E-state index in [2.05, 4.69) is 0 Å². The van der Waals surface area contributed by atoms with Gasteiger partial charge in [0, 0.05) is 19.5 Å². The summed E-state index contributed by atoms with van der Waals surface area (Å²) >= 11 is 0. The smallest absolute Gasteiger partial charge is 0.272 e. The van der Waals surface area contributed by atoms with Crippen LogP contribution in [0.4, 0.5) is 15.8 Å². The Hall–Kier alpha value is -1.98. The van der Waals surface area contributed by atoms with Gasteiger partial charge in [0.1, 0.15) is 0 Å². The third-order valence-electron chi connectivity index (χ3n) is 2.13. The van der Waals surface area contributed by atoms with E-state index in [-0.39, 0.29) is 17.3 Å². The maximum absolute atomic E-state index is 13.5. The lowest BCUT2D eigenvalue weighted by molar-refractivity contribution is -0.385.